The minimum Gasteiger partial charge on any atom is -0.337 e. The molecule has 2 heterocycles. The fourth-order valence-corrected chi connectivity index (χ4v) is 3.39. The first-order valence-electron chi connectivity index (χ1n) is 6.17. The Morgan fingerprint density at radius 1 is 1.26 bits per heavy atom. The van der Waals surface area contributed by atoms with Gasteiger partial charge in [0.05, 0.1) is 16.1 Å². The molecule has 1 aromatic carbocycles. The Bertz CT molecular complexity index is 626. The van der Waals surface area contributed by atoms with E-state index in [0.29, 0.717) is 10.6 Å². The Kier molecular flexibility index (Phi) is 3.62. The second kappa shape index (κ2) is 5.39. The first kappa shape index (κ1) is 12.8. The fourth-order valence-electron chi connectivity index (χ4n) is 2.19. The number of benzene rings is 1. The van der Waals surface area contributed by atoms with Gasteiger partial charge in [0.15, 0.2) is 0 Å². The van der Waals surface area contributed by atoms with Crippen molar-refractivity contribution in [3.05, 3.63) is 41.0 Å². The number of nitrogens with zero attached hydrogens (tertiary/aromatic N) is 2. The first-order valence-corrected chi connectivity index (χ1v) is 7.71. The highest BCUT2D eigenvalue weighted by Gasteiger charge is 2.21. The highest BCUT2D eigenvalue weighted by molar-refractivity contribution is 7.99. The molecule has 19 heavy (non-hydrogen) atoms. The number of rotatable bonds is 1. The summed E-state index contributed by atoms with van der Waals surface area (Å²) in [6, 6.07) is 7.61. The van der Waals surface area contributed by atoms with Crippen LogP contribution in [0.3, 0.4) is 0 Å². The second-order valence-corrected chi connectivity index (χ2v) is 6.01. The quantitative estimate of drug-likeness (QED) is 0.810. The SMILES string of the molecule is O=C(c1cnc2ccccc2c1Cl)N1CCSCC1. The van der Waals surface area contributed by atoms with Crippen LogP contribution >= 0.6 is 23.4 Å². The van der Waals surface area contributed by atoms with Gasteiger partial charge in [-0.05, 0) is 6.07 Å². The minimum absolute atomic E-state index is 0.0106. The van der Waals surface area contributed by atoms with Crippen molar-refractivity contribution in [3.63, 3.8) is 0 Å². The molecule has 0 saturated carbocycles. The van der Waals surface area contributed by atoms with Gasteiger partial charge >= 0.3 is 0 Å². The molecule has 2 aromatic rings. The molecule has 5 heteroatoms. The van der Waals surface area contributed by atoms with Gasteiger partial charge < -0.3 is 4.90 Å². The van der Waals surface area contributed by atoms with Gasteiger partial charge in [-0.15, -0.1) is 0 Å². The number of hydrogen-bond acceptors (Lipinski definition) is 3. The molecule has 0 unspecified atom stereocenters. The third kappa shape index (κ3) is 2.42. The molecule has 1 fully saturated rings. The number of fused-ring (bicyclic) bond motifs is 1. The molecule has 1 aromatic heterocycles. The van der Waals surface area contributed by atoms with E-state index in [1.165, 1.54) is 0 Å². The predicted molar refractivity (Wildman–Crippen MR) is 80.0 cm³/mol. The van der Waals surface area contributed by atoms with E-state index >= 15 is 0 Å². The number of thioether (sulfide) groups is 1. The molecule has 1 aliphatic rings. The molecule has 0 atom stereocenters. The summed E-state index contributed by atoms with van der Waals surface area (Å²) in [5.41, 5.74) is 1.32. The Morgan fingerprint density at radius 3 is 2.79 bits per heavy atom. The van der Waals surface area contributed by atoms with Crippen molar-refractivity contribution in [2.45, 2.75) is 0 Å². The van der Waals surface area contributed by atoms with Crippen LogP contribution in [0.2, 0.25) is 5.02 Å². The van der Waals surface area contributed by atoms with Gasteiger partial charge in [-0.25, -0.2) is 0 Å². The second-order valence-electron chi connectivity index (χ2n) is 4.41. The average molecular weight is 293 g/mol. The molecule has 1 aliphatic heterocycles. The molecule has 1 saturated heterocycles. The van der Waals surface area contributed by atoms with Crippen molar-refractivity contribution in [1.82, 2.24) is 9.88 Å². The lowest BCUT2D eigenvalue weighted by molar-refractivity contribution is 0.0772. The van der Waals surface area contributed by atoms with Crippen LogP contribution in [0.1, 0.15) is 10.4 Å². The zero-order chi connectivity index (χ0) is 13.2. The van der Waals surface area contributed by atoms with Crippen LogP contribution in [0.5, 0.6) is 0 Å². The zero-order valence-corrected chi connectivity index (χ0v) is 11.9. The molecular formula is C14H13ClN2OS. The van der Waals surface area contributed by atoms with Crippen molar-refractivity contribution in [2.75, 3.05) is 24.6 Å². The van der Waals surface area contributed by atoms with E-state index in [4.69, 9.17) is 11.6 Å². The fraction of sp³-hybridized carbons (Fsp3) is 0.286. The molecule has 3 rings (SSSR count). The van der Waals surface area contributed by atoms with Gasteiger partial charge in [-0.2, -0.15) is 11.8 Å². The van der Waals surface area contributed by atoms with Crippen molar-refractivity contribution < 1.29 is 4.79 Å². The van der Waals surface area contributed by atoms with Crippen LogP contribution < -0.4 is 0 Å². The summed E-state index contributed by atoms with van der Waals surface area (Å²) in [6.07, 6.45) is 1.59. The molecule has 0 spiro atoms. The van der Waals surface area contributed by atoms with E-state index in [0.717, 1.165) is 35.5 Å². The Balaban J connectivity index is 2.00. The number of pyridine rings is 1. The smallest absolute Gasteiger partial charge is 0.257 e. The van der Waals surface area contributed by atoms with Crippen LogP contribution in [0.25, 0.3) is 10.9 Å². The highest BCUT2D eigenvalue weighted by Crippen LogP contribution is 2.27. The maximum atomic E-state index is 12.5. The summed E-state index contributed by atoms with van der Waals surface area (Å²) in [7, 11) is 0. The largest absolute Gasteiger partial charge is 0.337 e. The highest BCUT2D eigenvalue weighted by atomic mass is 35.5. The van der Waals surface area contributed by atoms with Crippen LogP contribution in [-0.2, 0) is 0 Å². The van der Waals surface area contributed by atoms with Crippen LogP contribution in [0.4, 0.5) is 0 Å². The third-order valence-corrected chi connectivity index (χ3v) is 4.59. The van der Waals surface area contributed by atoms with Gasteiger partial charge in [-0.1, -0.05) is 29.8 Å². The summed E-state index contributed by atoms with van der Waals surface area (Å²) < 4.78 is 0. The van der Waals surface area contributed by atoms with Crippen LogP contribution in [0.15, 0.2) is 30.5 Å². The molecule has 0 aliphatic carbocycles. The van der Waals surface area contributed by atoms with E-state index in [-0.39, 0.29) is 5.91 Å². The Labute approximate surface area is 120 Å². The standard InChI is InChI=1S/C14H13ClN2OS/c15-13-10-3-1-2-4-12(10)16-9-11(13)14(18)17-5-7-19-8-6-17/h1-4,9H,5-8H2. The van der Waals surface area contributed by atoms with E-state index in [1.807, 2.05) is 40.9 Å². The maximum absolute atomic E-state index is 12.5. The molecule has 1 amide bonds. The summed E-state index contributed by atoms with van der Waals surface area (Å²) in [6.45, 7) is 1.57. The zero-order valence-electron chi connectivity index (χ0n) is 10.3. The Hall–Kier alpha value is -1.26. The van der Waals surface area contributed by atoms with Crippen molar-refractivity contribution in [1.29, 1.82) is 0 Å². The third-order valence-electron chi connectivity index (χ3n) is 3.24. The maximum Gasteiger partial charge on any atom is 0.257 e. The molecule has 0 bridgehead atoms. The van der Waals surface area contributed by atoms with E-state index in [1.54, 1.807) is 6.20 Å². The first-order chi connectivity index (χ1) is 9.27. The van der Waals surface area contributed by atoms with Crippen LogP contribution in [0, 0.1) is 0 Å². The lowest BCUT2D eigenvalue weighted by Gasteiger charge is -2.26. The number of para-hydroxylation sites is 1. The summed E-state index contributed by atoms with van der Waals surface area (Å²) >= 11 is 8.24. The Morgan fingerprint density at radius 2 is 2.00 bits per heavy atom. The summed E-state index contributed by atoms with van der Waals surface area (Å²) in [5.74, 6) is 1.97. The van der Waals surface area contributed by atoms with Gasteiger partial charge in [-0.3, -0.25) is 9.78 Å². The number of carbonyl (C=O) groups excluding carboxylic acids is 1. The van der Waals surface area contributed by atoms with Gasteiger partial charge in [0.25, 0.3) is 5.91 Å². The number of aromatic nitrogens is 1. The van der Waals surface area contributed by atoms with Crippen molar-refractivity contribution >= 4 is 40.2 Å². The normalized spacial score (nSPS) is 15.7. The molecule has 98 valence electrons. The van der Waals surface area contributed by atoms with Gasteiger partial charge in [0.1, 0.15) is 0 Å². The van der Waals surface area contributed by atoms with E-state index < -0.39 is 0 Å². The number of amides is 1. The van der Waals surface area contributed by atoms with E-state index in [2.05, 4.69) is 4.98 Å². The number of halogens is 1. The average Bonchev–Trinajstić information content (AvgIpc) is 2.48. The molecular weight excluding hydrogens is 280 g/mol. The number of carbonyl (C=O) groups is 1. The lowest BCUT2D eigenvalue weighted by atomic mass is 10.1. The minimum atomic E-state index is -0.0106. The van der Waals surface area contributed by atoms with Crippen LogP contribution in [-0.4, -0.2) is 40.4 Å². The topological polar surface area (TPSA) is 33.2 Å². The molecule has 3 nitrogen and oxygen atoms in total. The van der Waals surface area contributed by atoms with Crippen molar-refractivity contribution in [3.8, 4) is 0 Å². The molecule has 0 radical (unpaired) electrons. The summed E-state index contributed by atoms with van der Waals surface area (Å²) in [4.78, 5) is 18.6. The monoisotopic (exact) mass is 292 g/mol. The van der Waals surface area contributed by atoms with Crippen molar-refractivity contribution in [2.24, 2.45) is 0 Å². The van der Waals surface area contributed by atoms with Gasteiger partial charge in [0, 0.05) is 36.2 Å². The summed E-state index contributed by atoms with van der Waals surface area (Å²) in [5, 5.41) is 1.34. The molecule has 0 N–H and O–H groups in total. The predicted octanol–water partition coefficient (Wildman–Crippen LogP) is 3.08. The lowest BCUT2D eigenvalue weighted by Crippen LogP contribution is -2.38. The van der Waals surface area contributed by atoms with Gasteiger partial charge in [0.2, 0.25) is 0 Å². The number of hydrogen-bond donors (Lipinski definition) is 0. The van der Waals surface area contributed by atoms with E-state index in [9.17, 15) is 4.79 Å².